The summed E-state index contributed by atoms with van der Waals surface area (Å²) in [6.45, 7) is 0. The van der Waals surface area contributed by atoms with E-state index in [1.165, 1.54) is 18.2 Å². The molecule has 0 amide bonds. The Labute approximate surface area is 109 Å². The number of carboxylic acids is 1. The Balaban J connectivity index is 0.00000180. The topological polar surface area (TPSA) is 122 Å². The Morgan fingerprint density at radius 3 is 2.26 bits per heavy atom. The maximum atomic E-state index is 11.2. The molecule has 0 unspecified atom stereocenters. The van der Waals surface area contributed by atoms with Crippen molar-refractivity contribution in [2.75, 3.05) is 0 Å². The lowest BCUT2D eigenvalue weighted by Crippen LogP contribution is -2.02. The number of benzene rings is 2. The van der Waals surface area contributed by atoms with Crippen LogP contribution in [0.3, 0.4) is 0 Å². The summed E-state index contributed by atoms with van der Waals surface area (Å²) in [6, 6.07) is 12.8. The number of hydrogen-bond donors (Lipinski definition) is 2. The first-order valence-corrected chi connectivity index (χ1v) is 5.18. The quantitative estimate of drug-likeness (QED) is 0.822. The van der Waals surface area contributed by atoms with Crippen LogP contribution in [0, 0.1) is 0 Å². The van der Waals surface area contributed by atoms with Gasteiger partial charge in [0.15, 0.2) is 0 Å². The fourth-order valence-electron chi connectivity index (χ4n) is 1.36. The molecule has 6 nitrogen and oxygen atoms in total. The van der Waals surface area contributed by atoms with Crippen LogP contribution in [0.15, 0.2) is 58.8 Å². The van der Waals surface area contributed by atoms with Gasteiger partial charge in [-0.05, 0) is 24.3 Å². The molecule has 0 aliphatic heterocycles. The summed E-state index contributed by atoms with van der Waals surface area (Å²) in [5, 5.41) is 27.9. The minimum atomic E-state index is -1.27. The van der Waals surface area contributed by atoms with E-state index in [2.05, 4.69) is 10.2 Å². The smallest absolute Gasteiger partial charge is 0.335 e. The van der Waals surface area contributed by atoms with Gasteiger partial charge in [0, 0.05) is 0 Å². The van der Waals surface area contributed by atoms with Crippen molar-refractivity contribution in [3.8, 4) is 5.75 Å². The highest BCUT2D eigenvalue weighted by molar-refractivity contribution is 5.91. The molecular formula is C13H13N3O3. The number of aromatic carboxylic acids is 1. The van der Waals surface area contributed by atoms with Crippen LogP contribution in [0.5, 0.6) is 5.75 Å². The highest BCUT2D eigenvalue weighted by Gasteiger charge is 2.04. The molecule has 0 aliphatic carbocycles. The van der Waals surface area contributed by atoms with Crippen LogP contribution in [-0.2, 0) is 0 Å². The van der Waals surface area contributed by atoms with Crippen LogP contribution in [0.1, 0.15) is 10.4 Å². The minimum Gasteiger partial charge on any atom is -0.872 e. The second-order valence-electron chi connectivity index (χ2n) is 3.52. The molecule has 0 saturated carbocycles. The first-order valence-electron chi connectivity index (χ1n) is 5.18. The molecular weight excluding hydrogens is 246 g/mol. The Morgan fingerprint density at radius 1 is 1.00 bits per heavy atom. The lowest BCUT2D eigenvalue weighted by molar-refractivity contribution is -0.268. The number of rotatable bonds is 3. The van der Waals surface area contributed by atoms with Gasteiger partial charge in [0.25, 0.3) is 0 Å². The molecule has 0 fully saturated rings. The van der Waals surface area contributed by atoms with E-state index in [9.17, 15) is 9.90 Å². The predicted molar refractivity (Wildman–Crippen MR) is 69.5 cm³/mol. The molecule has 0 aliphatic rings. The van der Waals surface area contributed by atoms with Crippen molar-refractivity contribution in [1.82, 2.24) is 6.15 Å². The van der Waals surface area contributed by atoms with Crippen molar-refractivity contribution in [2.24, 2.45) is 10.2 Å². The third-order valence-electron chi connectivity index (χ3n) is 2.23. The van der Waals surface area contributed by atoms with Gasteiger partial charge in [0.2, 0.25) is 0 Å². The zero-order valence-corrected chi connectivity index (χ0v) is 10.3. The number of carbonyl (C=O) groups is 1. The molecule has 0 aromatic heterocycles. The lowest BCUT2D eigenvalue weighted by Gasteiger charge is -2.09. The first kappa shape index (κ1) is 14.3. The Hall–Kier alpha value is -2.73. The third-order valence-corrected chi connectivity index (χ3v) is 2.23. The fourth-order valence-corrected chi connectivity index (χ4v) is 1.36. The lowest BCUT2D eigenvalue weighted by atomic mass is 10.2. The maximum absolute atomic E-state index is 11.2. The van der Waals surface area contributed by atoms with Crippen molar-refractivity contribution >= 4 is 17.3 Å². The van der Waals surface area contributed by atoms with Crippen molar-refractivity contribution in [2.45, 2.75) is 0 Å². The van der Waals surface area contributed by atoms with E-state index in [1.807, 2.05) is 18.2 Å². The number of azo groups is 1. The average molecular weight is 259 g/mol. The number of carboxylic acid groups (broad SMARTS) is 1. The highest BCUT2D eigenvalue weighted by atomic mass is 16.4. The SMILES string of the molecule is O=C(O)c1cc(N=Nc2ccccc2)ccc1[O-].[NH4+]. The molecule has 0 bridgehead atoms. The predicted octanol–water partition coefficient (Wildman–Crippen LogP) is 3.25. The Bertz CT molecular complexity index is 597. The van der Waals surface area contributed by atoms with Crippen LogP contribution in [0.4, 0.5) is 11.4 Å². The van der Waals surface area contributed by atoms with E-state index in [0.717, 1.165) is 0 Å². The number of nitrogens with zero attached hydrogens (tertiary/aromatic N) is 2. The van der Waals surface area contributed by atoms with E-state index in [4.69, 9.17) is 5.11 Å². The molecule has 0 radical (unpaired) electrons. The molecule has 2 aromatic carbocycles. The van der Waals surface area contributed by atoms with Crippen molar-refractivity contribution < 1.29 is 15.0 Å². The van der Waals surface area contributed by atoms with Crippen molar-refractivity contribution in [3.05, 3.63) is 54.1 Å². The van der Waals surface area contributed by atoms with Gasteiger partial charge in [-0.1, -0.05) is 30.0 Å². The Kier molecular flexibility index (Phi) is 4.73. The van der Waals surface area contributed by atoms with Crippen molar-refractivity contribution in [1.29, 1.82) is 0 Å². The molecule has 2 aromatic rings. The largest absolute Gasteiger partial charge is 0.872 e. The summed E-state index contributed by atoms with van der Waals surface area (Å²) in [6.07, 6.45) is 0. The van der Waals surface area contributed by atoms with Gasteiger partial charge in [0.1, 0.15) is 0 Å². The minimum absolute atomic E-state index is 0. The van der Waals surface area contributed by atoms with E-state index in [-0.39, 0.29) is 11.7 Å². The van der Waals surface area contributed by atoms with Gasteiger partial charge in [-0.2, -0.15) is 10.2 Å². The highest BCUT2D eigenvalue weighted by Crippen LogP contribution is 2.23. The van der Waals surface area contributed by atoms with Gasteiger partial charge in [0.05, 0.1) is 16.9 Å². The second kappa shape index (κ2) is 6.27. The maximum Gasteiger partial charge on any atom is 0.335 e. The molecule has 0 atom stereocenters. The third kappa shape index (κ3) is 3.62. The van der Waals surface area contributed by atoms with Gasteiger partial charge in [-0.15, -0.1) is 0 Å². The van der Waals surface area contributed by atoms with Crippen LogP contribution >= 0.6 is 0 Å². The summed E-state index contributed by atoms with van der Waals surface area (Å²) in [5.41, 5.74) is 0.677. The summed E-state index contributed by atoms with van der Waals surface area (Å²) in [4.78, 5) is 10.8. The van der Waals surface area contributed by atoms with E-state index in [0.29, 0.717) is 11.4 Å². The first-order chi connectivity index (χ1) is 8.66. The molecule has 2 rings (SSSR count). The van der Waals surface area contributed by atoms with Gasteiger partial charge in [-0.3, -0.25) is 0 Å². The van der Waals surface area contributed by atoms with Crippen LogP contribution in [0.2, 0.25) is 0 Å². The molecule has 0 saturated heterocycles. The van der Waals surface area contributed by atoms with Gasteiger partial charge in [-0.25, -0.2) is 4.79 Å². The normalized spacial score (nSPS) is 10.1. The zero-order chi connectivity index (χ0) is 13.0. The van der Waals surface area contributed by atoms with E-state index >= 15 is 0 Å². The van der Waals surface area contributed by atoms with E-state index < -0.39 is 11.7 Å². The average Bonchev–Trinajstić information content (AvgIpc) is 2.38. The number of quaternary nitrogens is 1. The Morgan fingerprint density at radius 2 is 1.63 bits per heavy atom. The van der Waals surface area contributed by atoms with Gasteiger partial charge >= 0.3 is 5.97 Å². The molecule has 0 spiro atoms. The summed E-state index contributed by atoms with van der Waals surface area (Å²) in [5.74, 6) is -1.81. The van der Waals surface area contributed by atoms with Crippen LogP contribution in [0.25, 0.3) is 0 Å². The second-order valence-corrected chi connectivity index (χ2v) is 3.52. The van der Waals surface area contributed by atoms with E-state index in [1.54, 1.807) is 12.1 Å². The molecule has 5 N–H and O–H groups in total. The fraction of sp³-hybridized carbons (Fsp3) is 0. The van der Waals surface area contributed by atoms with Crippen LogP contribution < -0.4 is 11.3 Å². The van der Waals surface area contributed by atoms with Crippen molar-refractivity contribution in [3.63, 3.8) is 0 Å². The summed E-state index contributed by atoms with van der Waals surface area (Å²) >= 11 is 0. The van der Waals surface area contributed by atoms with Crippen LogP contribution in [-0.4, -0.2) is 11.1 Å². The molecule has 6 heteroatoms. The standard InChI is InChI=1S/C13H10N2O3.H3N/c16-12-7-6-10(8-11(12)13(17)18)15-14-9-4-2-1-3-5-9;/h1-8,16H,(H,17,18);1H3. The molecule has 19 heavy (non-hydrogen) atoms. The zero-order valence-electron chi connectivity index (χ0n) is 10.3. The summed E-state index contributed by atoms with van der Waals surface area (Å²) in [7, 11) is 0. The monoisotopic (exact) mass is 259 g/mol. The molecule has 0 heterocycles. The molecule has 98 valence electrons. The summed E-state index contributed by atoms with van der Waals surface area (Å²) < 4.78 is 0. The van der Waals surface area contributed by atoms with Gasteiger partial charge < -0.3 is 16.4 Å². The number of hydrogen-bond acceptors (Lipinski definition) is 4.